The number of likely N-dealkylation sites (N-methyl/N-ethyl adjacent to an activating group) is 1. The summed E-state index contributed by atoms with van der Waals surface area (Å²) in [6.07, 6.45) is 0.128. The van der Waals surface area contributed by atoms with Crippen molar-refractivity contribution >= 4 is 11.4 Å². The number of ether oxygens (including phenoxy) is 1. The van der Waals surface area contributed by atoms with Crippen molar-refractivity contribution in [3.8, 4) is 5.75 Å². The summed E-state index contributed by atoms with van der Waals surface area (Å²) in [6.45, 7) is 7.00. The molecule has 0 spiro atoms. The van der Waals surface area contributed by atoms with Crippen molar-refractivity contribution in [3.05, 3.63) is 18.2 Å². The second kappa shape index (κ2) is 6.50. The van der Waals surface area contributed by atoms with Gasteiger partial charge in [-0.2, -0.15) is 0 Å². The van der Waals surface area contributed by atoms with Crippen LogP contribution in [-0.2, 0) is 0 Å². The van der Waals surface area contributed by atoms with Crippen LogP contribution in [0.3, 0.4) is 0 Å². The average molecular weight is 251 g/mol. The van der Waals surface area contributed by atoms with Crippen LogP contribution in [0, 0.1) is 0 Å². The summed E-state index contributed by atoms with van der Waals surface area (Å²) in [5.41, 5.74) is 7.70. The van der Waals surface area contributed by atoms with Crippen LogP contribution < -0.4 is 15.8 Å². The predicted molar refractivity (Wildman–Crippen MR) is 78.3 cm³/mol. The van der Waals surface area contributed by atoms with Crippen molar-refractivity contribution in [2.24, 2.45) is 0 Å². The minimum Gasteiger partial charge on any atom is -0.489 e. The molecule has 1 aromatic carbocycles. The van der Waals surface area contributed by atoms with E-state index in [1.807, 2.05) is 32.0 Å². The quantitative estimate of drug-likeness (QED) is 0.762. The number of rotatable bonds is 6. The maximum Gasteiger partial charge on any atom is 0.144 e. The fourth-order valence-corrected chi connectivity index (χ4v) is 1.50. The highest BCUT2D eigenvalue weighted by Gasteiger charge is 2.09. The number of nitrogens with one attached hydrogen (secondary N) is 1. The minimum atomic E-state index is 0.128. The average Bonchev–Trinajstić information content (AvgIpc) is 2.29. The lowest BCUT2D eigenvalue weighted by atomic mass is 10.2. The van der Waals surface area contributed by atoms with Crippen molar-refractivity contribution in [1.82, 2.24) is 4.90 Å². The third kappa shape index (κ3) is 4.11. The smallest absolute Gasteiger partial charge is 0.144 e. The van der Waals surface area contributed by atoms with Gasteiger partial charge in [-0.15, -0.1) is 0 Å². The molecular formula is C14H25N3O. The van der Waals surface area contributed by atoms with E-state index in [4.69, 9.17) is 10.5 Å². The molecule has 18 heavy (non-hydrogen) atoms. The number of hydrogen-bond acceptors (Lipinski definition) is 4. The van der Waals surface area contributed by atoms with Crippen LogP contribution in [0.15, 0.2) is 18.2 Å². The molecule has 0 saturated heterocycles. The van der Waals surface area contributed by atoms with Gasteiger partial charge in [-0.1, -0.05) is 6.07 Å². The third-order valence-electron chi connectivity index (χ3n) is 2.90. The van der Waals surface area contributed by atoms with Gasteiger partial charge >= 0.3 is 0 Å². The highest BCUT2D eigenvalue weighted by Crippen LogP contribution is 2.30. The first kappa shape index (κ1) is 14.6. The van der Waals surface area contributed by atoms with Crippen LogP contribution in [0.1, 0.15) is 20.8 Å². The van der Waals surface area contributed by atoms with E-state index in [0.717, 1.165) is 18.0 Å². The molecule has 0 aliphatic rings. The van der Waals surface area contributed by atoms with Gasteiger partial charge in [0, 0.05) is 12.6 Å². The lowest BCUT2D eigenvalue weighted by Crippen LogP contribution is -2.31. The maximum absolute atomic E-state index is 6.09. The number of para-hydroxylation sites is 1. The van der Waals surface area contributed by atoms with Crippen molar-refractivity contribution in [1.29, 1.82) is 0 Å². The molecule has 0 amide bonds. The van der Waals surface area contributed by atoms with Gasteiger partial charge in [-0.3, -0.25) is 0 Å². The van der Waals surface area contributed by atoms with E-state index < -0.39 is 0 Å². The van der Waals surface area contributed by atoms with E-state index in [1.165, 1.54) is 0 Å². The molecule has 0 aliphatic carbocycles. The molecule has 0 radical (unpaired) electrons. The molecule has 1 atom stereocenters. The van der Waals surface area contributed by atoms with Crippen LogP contribution in [0.4, 0.5) is 11.4 Å². The normalized spacial score (nSPS) is 12.8. The summed E-state index contributed by atoms with van der Waals surface area (Å²) in [7, 11) is 4.13. The summed E-state index contributed by atoms with van der Waals surface area (Å²) >= 11 is 0. The second-order valence-electron chi connectivity index (χ2n) is 5.08. The maximum atomic E-state index is 6.09. The highest BCUT2D eigenvalue weighted by molar-refractivity contribution is 5.72. The first-order valence-corrected chi connectivity index (χ1v) is 6.37. The zero-order valence-corrected chi connectivity index (χ0v) is 12.0. The van der Waals surface area contributed by atoms with Crippen molar-refractivity contribution in [3.63, 3.8) is 0 Å². The van der Waals surface area contributed by atoms with Gasteiger partial charge in [0.25, 0.3) is 0 Å². The topological polar surface area (TPSA) is 50.5 Å². The zero-order chi connectivity index (χ0) is 13.7. The van der Waals surface area contributed by atoms with Crippen LogP contribution in [0.25, 0.3) is 0 Å². The van der Waals surface area contributed by atoms with Crippen LogP contribution in [0.5, 0.6) is 5.75 Å². The monoisotopic (exact) mass is 251 g/mol. The molecular weight excluding hydrogens is 226 g/mol. The number of anilines is 2. The molecule has 1 unspecified atom stereocenters. The van der Waals surface area contributed by atoms with Crippen molar-refractivity contribution < 1.29 is 4.74 Å². The fourth-order valence-electron chi connectivity index (χ4n) is 1.50. The molecule has 0 heterocycles. The number of nitrogens with two attached hydrogens (primary N) is 1. The summed E-state index contributed by atoms with van der Waals surface area (Å²) < 4.78 is 5.66. The Morgan fingerprint density at radius 1 is 1.28 bits per heavy atom. The van der Waals surface area contributed by atoms with Crippen LogP contribution >= 0.6 is 0 Å². The molecule has 4 heteroatoms. The van der Waals surface area contributed by atoms with Gasteiger partial charge < -0.3 is 20.7 Å². The van der Waals surface area contributed by atoms with Gasteiger partial charge in [0.1, 0.15) is 5.75 Å². The van der Waals surface area contributed by atoms with Gasteiger partial charge in [0.05, 0.1) is 17.5 Å². The number of hydrogen-bond donors (Lipinski definition) is 2. The first-order chi connectivity index (χ1) is 8.41. The first-order valence-electron chi connectivity index (χ1n) is 6.37. The van der Waals surface area contributed by atoms with Crippen molar-refractivity contribution in [2.45, 2.75) is 32.9 Å². The molecule has 3 N–H and O–H groups in total. The molecule has 0 aliphatic heterocycles. The number of benzene rings is 1. The van der Waals surface area contributed by atoms with Gasteiger partial charge in [-0.25, -0.2) is 0 Å². The van der Waals surface area contributed by atoms with Crippen LogP contribution in [-0.4, -0.2) is 37.7 Å². The SMILES string of the molecule is CC(C)Oc1cccc(NCC(C)N(C)C)c1N. The van der Waals surface area contributed by atoms with E-state index in [0.29, 0.717) is 11.7 Å². The Kier molecular flexibility index (Phi) is 5.28. The summed E-state index contributed by atoms with van der Waals surface area (Å²) in [5.74, 6) is 0.743. The molecule has 0 fully saturated rings. The summed E-state index contributed by atoms with van der Waals surface area (Å²) in [5, 5.41) is 3.36. The van der Waals surface area contributed by atoms with Gasteiger partial charge in [-0.05, 0) is 47.0 Å². The lowest BCUT2D eigenvalue weighted by molar-refractivity contribution is 0.244. The number of nitrogens with zero attached hydrogens (tertiary/aromatic N) is 1. The molecule has 4 nitrogen and oxygen atoms in total. The molecule has 0 aromatic heterocycles. The third-order valence-corrected chi connectivity index (χ3v) is 2.90. The van der Waals surface area contributed by atoms with Crippen LogP contribution in [0.2, 0.25) is 0 Å². The molecule has 102 valence electrons. The van der Waals surface area contributed by atoms with E-state index in [-0.39, 0.29) is 6.10 Å². The Morgan fingerprint density at radius 3 is 2.50 bits per heavy atom. The fraction of sp³-hybridized carbons (Fsp3) is 0.571. The Morgan fingerprint density at radius 2 is 1.94 bits per heavy atom. The van der Waals surface area contributed by atoms with Crippen molar-refractivity contribution in [2.75, 3.05) is 31.7 Å². The largest absolute Gasteiger partial charge is 0.489 e. The standard InChI is InChI=1S/C14H25N3O/c1-10(2)18-13-8-6-7-12(14(13)15)16-9-11(3)17(4)5/h6-8,10-11,16H,9,15H2,1-5H3. The van der Waals surface area contributed by atoms with E-state index in [9.17, 15) is 0 Å². The molecule has 0 saturated carbocycles. The Labute approximate surface area is 110 Å². The van der Waals surface area contributed by atoms with Gasteiger partial charge in [0.15, 0.2) is 0 Å². The van der Waals surface area contributed by atoms with E-state index in [2.05, 4.69) is 31.2 Å². The molecule has 1 rings (SSSR count). The second-order valence-corrected chi connectivity index (χ2v) is 5.08. The Balaban J connectivity index is 2.72. The summed E-state index contributed by atoms with van der Waals surface area (Å²) in [6, 6.07) is 6.27. The zero-order valence-electron chi connectivity index (χ0n) is 12.0. The molecule has 1 aromatic rings. The Bertz CT molecular complexity index is 377. The lowest BCUT2D eigenvalue weighted by Gasteiger charge is -2.22. The predicted octanol–water partition coefficient (Wildman–Crippen LogP) is 2.42. The Hall–Kier alpha value is -1.42. The van der Waals surface area contributed by atoms with E-state index >= 15 is 0 Å². The number of nitrogen functional groups attached to an aromatic ring is 1. The minimum absolute atomic E-state index is 0.128. The summed E-state index contributed by atoms with van der Waals surface area (Å²) in [4.78, 5) is 2.16. The van der Waals surface area contributed by atoms with Gasteiger partial charge in [0.2, 0.25) is 0 Å². The molecule has 0 bridgehead atoms. The van der Waals surface area contributed by atoms with E-state index in [1.54, 1.807) is 0 Å². The highest BCUT2D eigenvalue weighted by atomic mass is 16.5.